The summed E-state index contributed by atoms with van der Waals surface area (Å²) in [6, 6.07) is 4.03. The highest BCUT2D eigenvalue weighted by Gasteiger charge is 2.70. The zero-order valence-electron chi connectivity index (χ0n) is 34.1. The fourth-order valence-electron chi connectivity index (χ4n) is 14.2. The van der Waals surface area contributed by atoms with E-state index in [1.165, 1.54) is 67.6 Å². The smallest absolute Gasteiger partial charge is 0.340 e. The van der Waals surface area contributed by atoms with Gasteiger partial charge in [0.15, 0.2) is 0 Å². The van der Waals surface area contributed by atoms with Crippen LogP contribution in [0.15, 0.2) is 75.9 Å². The molecule has 4 fully saturated rings. The second kappa shape index (κ2) is 14.8. The van der Waals surface area contributed by atoms with Crippen LogP contribution in [0.4, 0.5) is 5.82 Å². The Kier molecular flexibility index (Phi) is 9.63. The molecule has 0 radical (unpaired) electrons. The number of pyridine rings is 1. The van der Waals surface area contributed by atoms with Crippen LogP contribution in [-0.2, 0) is 28.7 Å². The minimum absolute atomic E-state index is 0.0342. The molecule has 7 bridgehead atoms. The lowest BCUT2D eigenvalue weighted by molar-refractivity contribution is -0.137. The SMILES string of the molecule is CCC1(C2=C3OC(=O)C4=C3[C@@H](CC2)C[C@@H]2[C@@H]4[C@]34CC[C@H]2C2=C3C(=O)OC4=CC[C@@H](C3CCCCC3)CSSCNc3cc(ccn3)[C@@H]2CN2C(=O)C=CC2=O)CCCC1. The van der Waals surface area contributed by atoms with Gasteiger partial charge >= 0.3 is 11.9 Å². The summed E-state index contributed by atoms with van der Waals surface area (Å²) in [6.45, 7) is 2.43. The van der Waals surface area contributed by atoms with E-state index in [4.69, 9.17) is 14.5 Å². The molecule has 310 valence electrons. The number of hydrogen-bond donors (Lipinski definition) is 1. The van der Waals surface area contributed by atoms with E-state index in [0.29, 0.717) is 29.7 Å². The molecule has 59 heavy (non-hydrogen) atoms. The van der Waals surface area contributed by atoms with E-state index in [1.807, 2.05) is 22.9 Å². The highest BCUT2D eigenvalue weighted by atomic mass is 33.1. The maximum atomic E-state index is 15.0. The number of carbonyl (C=O) groups is 4. The van der Waals surface area contributed by atoms with Gasteiger partial charge in [0.05, 0.1) is 16.9 Å². The normalized spacial score (nSPS) is 35.2. The first-order valence-electron chi connectivity index (χ1n) is 22.7. The van der Waals surface area contributed by atoms with Gasteiger partial charge in [-0.3, -0.25) is 14.5 Å². The van der Waals surface area contributed by atoms with Gasteiger partial charge in [-0.05, 0) is 128 Å². The lowest BCUT2D eigenvalue weighted by Gasteiger charge is -2.58. The largest absolute Gasteiger partial charge is 0.427 e. The fraction of sp³-hybridized carbons (Fsp3) is 0.604. The Bertz CT molecular complexity index is 2160. The van der Waals surface area contributed by atoms with E-state index in [-0.39, 0.29) is 59.4 Å². The Morgan fingerprint density at radius 3 is 2.51 bits per heavy atom. The Labute approximate surface area is 355 Å². The average molecular weight is 834 g/mol. The van der Waals surface area contributed by atoms with Crippen LogP contribution in [0.5, 0.6) is 0 Å². The number of aromatic nitrogens is 1. The summed E-state index contributed by atoms with van der Waals surface area (Å²) >= 11 is 0. The van der Waals surface area contributed by atoms with Gasteiger partial charge in [0, 0.05) is 53.6 Å². The summed E-state index contributed by atoms with van der Waals surface area (Å²) in [7, 11) is 3.70. The zero-order valence-corrected chi connectivity index (χ0v) is 35.7. The topological polar surface area (TPSA) is 115 Å². The molecule has 12 rings (SSSR count). The van der Waals surface area contributed by atoms with Crippen LogP contribution >= 0.6 is 21.6 Å². The molecule has 2 amide bonds. The third kappa shape index (κ3) is 5.89. The van der Waals surface area contributed by atoms with E-state index >= 15 is 4.79 Å². The van der Waals surface area contributed by atoms with Gasteiger partial charge in [-0.1, -0.05) is 73.5 Å². The van der Waals surface area contributed by atoms with Crippen molar-refractivity contribution >= 4 is 51.2 Å². The number of anilines is 1. The summed E-state index contributed by atoms with van der Waals surface area (Å²) in [5.41, 5.74) is 5.18. The monoisotopic (exact) mass is 833 g/mol. The third-order valence-electron chi connectivity index (χ3n) is 16.9. The molecule has 4 aliphatic heterocycles. The van der Waals surface area contributed by atoms with Crippen LogP contribution < -0.4 is 5.32 Å². The average Bonchev–Trinajstić information content (AvgIpc) is 4.03. The Hall–Kier alpha value is -3.57. The first-order valence-corrected chi connectivity index (χ1v) is 25.2. The molecule has 1 saturated heterocycles. The minimum atomic E-state index is -0.833. The van der Waals surface area contributed by atoms with Crippen molar-refractivity contribution in [2.45, 2.75) is 116 Å². The second-order valence-electron chi connectivity index (χ2n) is 19.1. The molecule has 3 saturated carbocycles. The maximum Gasteiger partial charge on any atom is 0.340 e. The van der Waals surface area contributed by atoms with E-state index in [9.17, 15) is 14.4 Å². The zero-order chi connectivity index (χ0) is 40.0. The summed E-state index contributed by atoms with van der Waals surface area (Å²) in [6.07, 6.45) is 24.1. The molecule has 11 aliphatic rings. The van der Waals surface area contributed by atoms with Crippen LogP contribution in [0, 0.1) is 46.3 Å². The van der Waals surface area contributed by atoms with Crippen molar-refractivity contribution in [2.24, 2.45) is 46.3 Å². The van der Waals surface area contributed by atoms with Crippen LogP contribution in [-0.4, -0.2) is 51.8 Å². The molecule has 11 heteroatoms. The van der Waals surface area contributed by atoms with Gasteiger partial charge in [-0.25, -0.2) is 14.6 Å². The molecule has 1 aromatic rings. The summed E-state index contributed by atoms with van der Waals surface area (Å²) in [5.74, 6) is 3.44. The molecule has 1 N–H and O–H groups in total. The second-order valence-corrected chi connectivity index (χ2v) is 21.7. The predicted octanol–water partition coefficient (Wildman–Crippen LogP) is 9.71. The molecule has 1 spiro atoms. The van der Waals surface area contributed by atoms with Gasteiger partial charge in [0.1, 0.15) is 17.3 Å². The molecule has 9 nitrogen and oxygen atoms in total. The molecular weight excluding hydrogens is 779 g/mol. The first kappa shape index (κ1) is 38.4. The van der Waals surface area contributed by atoms with Crippen LogP contribution in [0.3, 0.4) is 0 Å². The molecule has 7 atom stereocenters. The number of nitrogens with zero attached hydrogens (tertiary/aromatic N) is 2. The quantitative estimate of drug-likeness (QED) is 0.175. The third-order valence-corrected chi connectivity index (χ3v) is 19.1. The summed E-state index contributed by atoms with van der Waals surface area (Å²) in [5, 5.41) is 3.54. The molecule has 1 aromatic heterocycles. The number of esters is 2. The van der Waals surface area contributed by atoms with Crippen LogP contribution in [0.25, 0.3) is 0 Å². The van der Waals surface area contributed by atoms with Crippen molar-refractivity contribution in [3.05, 3.63) is 81.5 Å². The highest BCUT2D eigenvalue weighted by molar-refractivity contribution is 8.76. The van der Waals surface area contributed by atoms with Gasteiger partial charge in [-0.2, -0.15) is 0 Å². The fourth-order valence-corrected chi connectivity index (χ4v) is 16.4. The number of fused-ring (bicyclic) bond motifs is 3. The Morgan fingerprint density at radius 1 is 0.898 bits per heavy atom. The standard InChI is InChI=1S/C48H55N3O6S2/c1-2-47(18-6-7-19-47)34-12-10-29-22-32-31-16-20-48(42(32)41-39(29)44(34)57-45(41)54)35-13-11-30(27-8-4-3-5-9-27)25-58-59-26-50-36-23-28(17-21-49-36)33(40(31)43(48)46(55)56-35)24-51-37(52)14-15-38(51)53/h13-15,17,21,23,27,29-33,42H,2-12,16,18-20,22,24-26H2,1H3,(H,49,50)/t29-,30+,31+,32-,33-,42-,48+/m0/s1. The number of ether oxygens (including phenoxy) is 2. The number of nitrogens with one attached hydrogen (secondary N) is 1. The molecule has 5 heterocycles. The van der Waals surface area contributed by atoms with E-state index < -0.39 is 11.3 Å². The van der Waals surface area contributed by atoms with Crippen LogP contribution in [0.2, 0.25) is 0 Å². The van der Waals surface area contributed by atoms with Gasteiger partial charge in [0.2, 0.25) is 0 Å². The Balaban J connectivity index is 1.13. The number of hydrogen-bond acceptors (Lipinski definition) is 10. The predicted molar refractivity (Wildman–Crippen MR) is 228 cm³/mol. The van der Waals surface area contributed by atoms with Crippen molar-refractivity contribution in [1.82, 2.24) is 9.88 Å². The molecule has 7 aliphatic carbocycles. The van der Waals surface area contributed by atoms with Gasteiger partial charge < -0.3 is 14.8 Å². The van der Waals surface area contributed by atoms with Gasteiger partial charge in [0.25, 0.3) is 11.8 Å². The number of rotatable bonds is 5. The molecule has 0 aromatic carbocycles. The Morgan fingerprint density at radius 2 is 1.71 bits per heavy atom. The number of carbonyl (C=O) groups excluding carboxylic acids is 4. The molecule has 0 unspecified atom stereocenters. The first-order chi connectivity index (χ1) is 28.8. The lowest BCUT2D eigenvalue weighted by Crippen LogP contribution is -2.54. The number of imide groups is 1. The minimum Gasteiger partial charge on any atom is -0.427 e. The van der Waals surface area contributed by atoms with Gasteiger partial charge in [-0.15, -0.1) is 0 Å². The van der Waals surface area contributed by atoms with Crippen molar-refractivity contribution in [2.75, 3.05) is 23.5 Å². The summed E-state index contributed by atoms with van der Waals surface area (Å²) in [4.78, 5) is 62.5. The van der Waals surface area contributed by atoms with E-state index in [1.54, 1.807) is 17.0 Å². The van der Waals surface area contributed by atoms with E-state index in [0.717, 1.165) is 96.7 Å². The number of allylic oxidation sites excluding steroid dienone is 4. The highest BCUT2D eigenvalue weighted by Crippen LogP contribution is 2.73. The van der Waals surface area contributed by atoms with Crippen molar-refractivity contribution in [3.8, 4) is 0 Å². The number of amides is 2. The van der Waals surface area contributed by atoms with Crippen molar-refractivity contribution in [3.63, 3.8) is 0 Å². The maximum absolute atomic E-state index is 15.0. The van der Waals surface area contributed by atoms with Crippen molar-refractivity contribution < 1.29 is 28.7 Å². The summed E-state index contributed by atoms with van der Waals surface area (Å²) < 4.78 is 13.3. The van der Waals surface area contributed by atoms with Crippen LogP contribution in [0.1, 0.15) is 121 Å². The molecular formula is C48H55N3O6S2. The van der Waals surface area contributed by atoms with Crippen molar-refractivity contribution in [1.29, 1.82) is 0 Å². The van der Waals surface area contributed by atoms with E-state index in [2.05, 4.69) is 18.3 Å². The lowest BCUT2D eigenvalue weighted by atomic mass is 9.42.